The van der Waals surface area contributed by atoms with Crippen LogP contribution in [-0.2, 0) is 0 Å². The van der Waals surface area contributed by atoms with E-state index in [1.165, 1.54) is 12.1 Å². The molecule has 0 aliphatic carbocycles. The van der Waals surface area contributed by atoms with E-state index in [0.717, 1.165) is 5.69 Å². The molecule has 0 amide bonds. The van der Waals surface area contributed by atoms with Crippen LogP contribution in [0.2, 0.25) is 5.02 Å². The van der Waals surface area contributed by atoms with Gasteiger partial charge in [0.15, 0.2) is 5.82 Å². The fraction of sp³-hybridized carbons (Fsp3) is 0.100. The minimum atomic E-state index is -0.272. The number of benzene rings is 1. The normalized spacial score (nSPS) is 10.3. The Morgan fingerprint density at radius 2 is 2.00 bits per heavy atom. The maximum absolute atomic E-state index is 12.7. The maximum atomic E-state index is 12.7. The molecule has 0 saturated carbocycles. The van der Waals surface area contributed by atoms with Crippen molar-refractivity contribution in [3.63, 3.8) is 0 Å². The number of hydrogen-bond acceptors (Lipinski definition) is 2. The Hall–Kier alpha value is -1.55. The minimum Gasteiger partial charge on any atom is -0.370 e. The molecule has 0 saturated heterocycles. The third-order valence-corrected chi connectivity index (χ3v) is 2.27. The van der Waals surface area contributed by atoms with E-state index in [4.69, 9.17) is 11.6 Å². The van der Waals surface area contributed by atoms with Gasteiger partial charge >= 0.3 is 0 Å². The Morgan fingerprint density at radius 1 is 1.33 bits per heavy atom. The fourth-order valence-corrected chi connectivity index (χ4v) is 1.47. The first-order valence-electron chi connectivity index (χ1n) is 4.39. The summed E-state index contributed by atoms with van der Waals surface area (Å²) in [6, 6.07) is 6.03. The molecule has 1 aromatic carbocycles. The molecule has 5 heteroatoms. The van der Waals surface area contributed by atoms with Crippen LogP contribution < -0.4 is 5.32 Å². The Morgan fingerprint density at radius 3 is 2.53 bits per heavy atom. The highest BCUT2D eigenvalue weighted by molar-refractivity contribution is 6.32. The topological polar surface area (TPSA) is 29.9 Å². The molecule has 0 spiro atoms. The van der Waals surface area contributed by atoms with Crippen LogP contribution in [0.5, 0.6) is 0 Å². The van der Waals surface area contributed by atoms with Gasteiger partial charge in [-0.1, -0.05) is 11.6 Å². The quantitative estimate of drug-likeness (QED) is 0.852. The average molecular weight is 226 g/mol. The maximum Gasteiger partial charge on any atom is 0.167 e. The van der Waals surface area contributed by atoms with Crippen molar-refractivity contribution in [3.8, 4) is 5.69 Å². The summed E-state index contributed by atoms with van der Waals surface area (Å²) in [7, 11) is 1.74. The van der Waals surface area contributed by atoms with Gasteiger partial charge in [-0.25, -0.2) is 9.07 Å². The van der Waals surface area contributed by atoms with Gasteiger partial charge in [0.1, 0.15) is 10.8 Å². The molecular weight excluding hydrogens is 217 g/mol. The summed E-state index contributed by atoms with van der Waals surface area (Å²) in [5.74, 6) is 0.326. The van der Waals surface area contributed by atoms with Crippen molar-refractivity contribution < 1.29 is 4.39 Å². The fourth-order valence-electron chi connectivity index (χ4n) is 1.25. The van der Waals surface area contributed by atoms with Gasteiger partial charge in [0.2, 0.25) is 0 Å². The lowest BCUT2D eigenvalue weighted by Crippen LogP contribution is -1.96. The SMILES string of the molecule is CNc1nn(-c2ccc(F)cc2)cc1Cl. The predicted octanol–water partition coefficient (Wildman–Crippen LogP) is 2.71. The van der Waals surface area contributed by atoms with Crippen molar-refractivity contribution in [1.82, 2.24) is 9.78 Å². The second kappa shape index (κ2) is 3.90. The lowest BCUT2D eigenvalue weighted by Gasteiger charge is -1.99. The Balaban J connectivity index is 2.41. The standard InChI is InChI=1S/C10H9ClFN3/c1-13-10-9(11)6-15(14-10)8-4-2-7(12)3-5-8/h2-6H,1H3,(H,13,14). The van der Waals surface area contributed by atoms with Crippen LogP contribution in [0.1, 0.15) is 0 Å². The number of halogens is 2. The molecule has 2 aromatic rings. The summed E-state index contributed by atoms with van der Waals surface area (Å²) in [4.78, 5) is 0. The lowest BCUT2D eigenvalue weighted by molar-refractivity contribution is 0.627. The van der Waals surface area contributed by atoms with Gasteiger partial charge < -0.3 is 5.32 Å². The molecule has 0 radical (unpaired) electrons. The predicted molar refractivity (Wildman–Crippen MR) is 58.1 cm³/mol. The summed E-state index contributed by atoms with van der Waals surface area (Å²) >= 11 is 5.91. The van der Waals surface area contributed by atoms with Crippen molar-refractivity contribution >= 4 is 17.4 Å². The highest BCUT2D eigenvalue weighted by atomic mass is 35.5. The molecule has 0 atom stereocenters. The molecule has 1 heterocycles. The molecule has 15 heavy (non-hydrogen) atoms. The van der Waals surface area contributed by atoms with Gasteiger partial charge in [-0.3, -0.25) is 0 Å². The zero-order chi connectivity index (χ0) is 10.8. The van der Waals surface area contributed by atoms with E-state index < -0.39 is 0 Å². The zero-order valence-corrected chi connectivity index (χ0v) is 8.79. The van der Waals surface area contributed by atoms with Crippen LogP contribution in [0, 0.1) is 5.82 Å². The van der Waals surface area contributed by atoms with Crippen molar-refractivity contribution in [1.29, 1.82) is 0 Å². The van der Waals surface area contributed by atoms with Gasteiger partial charge in [0, 0.05) is 7.05 Å². The lowest BCUT2D eigenvalue weighted by atomic mass is 10.3. The number of nitrogens with one attached hydrogen (secondary N) is 1. The summed E-state index contributed by atoms with van der Waals surface area (Å²) in [5.41, 5.74) is 0.764. The summed E-state index contributed by atoms with van der Waals surface area (Å²) in [6.07, 6.45) is 1.67. The van der Waals surface area contributed by atoms with E-state index in [-0.39, 0.29) is 5.82 Å². The number of anilines is 1. The summed E-state index contributed by atoms with van der Waals surface area (Å²) in [5, 5.41) is 7.57. The Bertz CT molecular complexity index is 464. The van der Waals surface area contributed by atoms with Crippen LogP contribution in [-0.4, -0.2) is 16.8 Å². The molecular formula is C10H9ClFN3. The first-order chi connectivity index (χ1) is 7.20. The van der Waals surface area contributed by atoms with Gasteiger partial charge in [-0.05, 0) is 24.3 Å². The Kier molecular flexibility index (Phi) is 2.60. The van der Waals surface area contributed by atoms with Crippen LogP contribution in [0.3, 0.4) is 0 Å². The van der Waals surface area contributed by atoms with Gasteiger partial charge in [0.05, 0.1) is 11.9 Å². The van der Waals surface area contributed by atoms with Gasteiger partial charge in [0.25, 0.3) is 0 Å². The molecule has 78 valence electrons. The van der Waals surface area contributed by atoms with E-state index in [0.29, 0.717) is 10.8 Å². The van der Waals surface area contributed by atoms with Gasteiger partial charge in [-0.2, -0.15) is 0 Å². The average Bonchev–Trinajstić information content (AvgIpc) is 2.61. The van der Waals surface area contributed by atoms with E-state index in [1.807, 2.05) is 0 Å². The monoisotopic (exact) mass is 225 g/mol. The van der Waals surface area contributed by atoms with Gasteiger partial charge in [-0.15, -0.1) is 5.10 Å². The highest BCUT2D eigenvalue weighted by Crippen LogP contribution is 2.21. The molecule has 0 fully saturated rings. The number of nitrogens with zero attached hydrogens (tertiary/aromatic N) is 2. The smallest absolute Gasteiger partial charge is 0.167 e. The molecule has 0 aliphatic rings. The summed E-state index contributed by atoms with van der Waals surface area (Å²) < 4.78 is 14.3. The van der Waals surface area contributed by atoms with E-state index in [1.54, 1.807) is 30.1 Å². The van der Waals surface area contributed by atoms with Crippen molar-refractivity contribution in [3.05, 3.63) is 41.3 Å². The molecule has 1 N–H and O–H groups in total. The van der Waals surface area contributed by atoms with Crippen LogP contribution in [0.4, 0.5) is 10.2 Å². The number of aromatic nitrogens is 2. The second-order valence-electron chi connectivity index (χ2n) is 3.00. The molecule has 1 aromatic heterocycles. The molecule has 0 aliphatic heterocycles. The third-order valence-electron chi connectivity index (χ3n) is 2.00. The third kappa shape index (κ3) is 1.94. The van der Waals surface area contributed by atoms with E-state index in [9.17, 15) is 4.39 Å². The first kappa shape index (κ1) is 9.98. The minimum absolute atomic E-state index is 0.272. The van der Waals surface area contributed by atoms with Crippen molar-refractivity contribution in [2.24, 2.45) is 0 Å². The highest BCUT2D eigenvalue weighted by Gasteiger charge is 2.05. The Labute approximate surface area is 91.5 Å². The second-order valence-corrected chi connectivity index (χ2v) is 3.40. The van der Waals surface area contributed by atoms with E-state index >= 15 is 0 Å². The zero-order valence-electron chi connectivity index (χ0n) is 8.04. The first-order valence-corrected chi connectivity index (χ1v) is 4.77. The molecule has 0 bridgehead atoms. The number of hydrogen-bond donors (Lipinski definition) is 1. The van der Waals surface area contributed by atoms with E-state index in [2.05, 4.69) is 10.4 Å². The van der Waals surface area contributed by atoms with Crippen LogP contribution >= 0.6 is 11.6 Å². The van der Waals surface area contributed by atoms with Crippen LogP contribution in [0.15, 0.2) is 30.5 Å². The molecule has 0 unspecified atom stereocenters. The summed E-state index contributed by atoms with van der Waals surface area (Å²) in [6.45, 7) is 0. The molecule has 3 nitrogen and oxygen atoms in total. The number of rotatable bonds is 2. The van der Waals surface area contributed by atoms with Crippen molar-refractivity contribution in [2.45, 2.75) is 0 Å². The largest absolute Gasteiger partial charge is 0.370 e. The molecule has 2 rings (SSSR count). The van der Waals surface area contributed by atoms with Crippen LogP contribution in [0.25, 0.3) is 5.69 Å². The van der Waals surface area contributed by atoms with Crippen molar-refractivity contribution in [2.75, 3.05) is 12.4 Å².